The fourth-order valence-electron chi connectivity index (χ4n) is 5.47. The second kappa shape index (κ2) is 15.0. The molecule has 0 saturated carbocycles. The van der Waals surface area contributed by atoms with Crippen LogP contribution in [0.3, 0.4) is 0 Å². The molecule has 4 aromatic rings. The molecule has 2 unspecified atom stereocenters. The van der Waals surface area contributed by atoms with E-state index in [0.29, 0.717) is 11.5 Å². The first-order valence-corrected chi connectivity index (χ1v) is 14.6. The van der Waals surface area contributed by atoms with Gasteiger partial charge in [0.2, 0.25) is 0 Å². The van der Waals surface area contributed by atoms with Crippen molar-refractivity contribution in [3.05, 3.63) is 129 Å². The van der Waals surface area contributed by atoms with Crippen molar-refractivity contribution in [2.45, 2.75) is 36.6 Å². The number of aromatic amines is 1. The summed E-state index contributed by atoms with van der Waals surface area (Å²) >= 11 is 0. The van der Waals surface area contributed by atoms with Crippen molar-refractivity contribution in [2.75, 3.05) is 34.2 Å². The topological polar surface area (TPSA) is 154 Å². The molecule has 2 N–H and O–H groups in total. The summed E-state index contributed by atoms with van der Waals surface area (Å²) in [5.74, 6) is 1.34. The molecule has 5 rings (SSSR count). The van der Waals surface area contributed by atoms with Gasteiger partial charge in [-0.25, -0.2) is 4.79 Å². The van der Waals surface area contributed by atoms with Gasteiger partial charge in [0.05, 0.1) is 39.9 Å². The van der Waals surface area contributed by atoms with Crippen molar-refractivity contribution < 1.29 is 33.5 Å². The molecule has 1 aliphatic heterocycles. The van der Waals surface area contributed by atoms with Gasteiger partial charge < -0.3 is 33.5 Å². The minimum Gasteiger partial charge on any atom is -0.497 e. The zero-order valence-electron chi connectivity index (χ0n) is 25.4. The molecule has 240 valence electrons. The highest BCUT2D eigenvalue weighted by atomic mass is 16.7. The van der Waals surface area contributed by atoms with Crippen molar-refractivity contribution >= 4 is 0 Å². The first-order valence-electron chi connectivity index (χ1n) is 14.6. The average Bonchev–Trinajstić information content (AvgIpc) is 3.40. The van der Waals surface area contributed by atoms with E-state index in [0.717, 1.165) is 21.3 Å². The van der Waals surface area contributed by atoms with Crippen LogP contribution in [0.1, 0.15) is 29.3 Å². The fourth-order valence-corrected chi connectivity index (χ4v) is 5.47. The maximum atomic E-state index is 12.7. The highest BCUT2D eigenvalue weighted by Crippen LogP contribution is 2.43. The van der Waals surface area contributed by atoms with E-state index in [9.17, 15) is 14.7 Å². The van der Waals surface area contributed by atoms with E-state index in [4.69, 9.17) is 33.7 Å². The number of H-pyrrole nitrogens is 1. The smallest absolute Gasteiger partial charge is 0.330 e. The number of hydrogen-bond acceptors (Lipinski definition) is 10. The van der Waals surface area contributed by atoms with E-state index in [-0.39, 0.29) is 26.4 Å². The van der Waals surface area contributed by atoms with Crippen LogP contribution >= 0.6 is 0 Å². The van der Waals surface area contributed by atoms with E-state index in [1.54, 1.807) is 14.2 Å². The van der Waals surface area contributed by atoms with Crippen molar-refractivity contribution in [1.82, 2.24) is 9.55 Å². The second-order valence-corrected chi connectivity index (χ2v) is 10.5. The largest absolute Gasteiger partial charge is 0.497 e. The van der Waals surface area contributed by atoms with E-state index in [1.807, 2.05) is 84.9 Å². The molecule has 0 amide bonds. The maximum absolute atomic E-state index is 12.7. The Morgan fingerprint density at radius 2 is 1.52 bits per heavy atom. The Hall–Kier alpha value is -4.77. The monoisotopic (exact) mass is 629 g/mol. The Morgan fingerprint density at radius 3 is 2.09 bits per heavy atom. The number of methoxy groups -OCH3 is 2. The fraction of sp³-hybridized carbons (Fsp3) is 0.324. The van der Waals surface area contributed by atoms with Crippen LogP contribution in [0.4, 0.5) is 0 Å². The zero-order valence-corrected chi connectivity index (χ0v) is 25.4. The normalized spacial score (nSPS) is 19.4. The SMILES string of the molecule is COc1ccc(C(OC[C@@H]2O[C@H](n3ccc(=O)[nH]c3=O)C(OCOCCC#N)C2O)(c2ccccc2)c2ccc(OC)cc2)cc1. The van der Waals surface area contributed by atoms with Crippen molar-refractivity contribution in [3.8, 4) is 17.6 Å². The summed E-state index contributed by atoms with van der Waals surface area (Å²) in [5, 5.41) is 20.3. The number of rotatable bonds is 14. The number of hydrogen-bond donors (Lipinski definition) is 2. The number of ether oxygens (including phenoxy) is 6. The third-order valence-electron chi connectivity index (χ3n) is 7.78. The molecule has 1 aromatic heterocycles. The highest BCUT2D eigenvalue weighted by molar-refractivity contribution is 5.49. The predicted octanol–water partition coefficient (Wildman–Crippen LogP) is 3.09. The first kappa shape index (κ1) is 32.6. The lowest BCUT2D eigenvalue weighted by Crippen LogP contribution is -2.41. The Kier molecular flexibility index (Phi) is 10.6. The summed E-state index contributed by atoms with van der Waals surface area (Å²) in [6.07, 6.45) is -3.02. The van der Waals surface area contributed by atoms with Gasteiger partial charge in [0, 0.05) is 12.3 Å². The maximum Gasteiger partial charge on any atom is 0.330 e. The Bertz CT molecular complexity index is 1670. The minimum absolute atomic E-state index is 0.124. The number of aliphatic hydroxyl groups is 1. The Balaban J connectivity index is 1.53. The van der Waals surface area contributed by atoms with Gasteiger partial charge in [-0.3, -0.25) is 14.3 Å². The zero-order chi connectivity index (χ0) is 32.5. The molecular weight excluding hydrogens is 594 g/mol. The molecule has 46 heavy (non-hydrogen) atoms. The molecule has 2 heterocycles. The molecule has 0 aliphatic carbocycles. The summed E-state index contributed by atoms with van der Waals surface area (Å²) < 4.78 is 36.3. The summed E-state index contributed by atoms with van der Waals surface area (Å²) in [7, 11) is 3.19. The van der Waals surface area contributed by atoms with E-state index >= 15 is 0 Å². The molecule has 0 bridgehead atoms. The molecule has 1 saturated heterocycles. The van der Waals surface area contributed by atoms with Gasteiger partial charge in [0.1, 0.15) is 42.2 Å². The van der Waals surface area contributed by atoms with Gasteiger partial charge in [-0.1, -0.05) is 54.6 Å². The Labute approximate surface area is 265 Å². The molecule has 3 aromatic carbocycles. The van der Waals surface area contributed by atoms with E-state index in [2.05, 4.69) is 4.98 Å². The van der Waals surface area contributed by atoms with Crippen molar-refractivity contribution in [2.24, 2.45) is 0 Å². The second-order valence-electron chi connectivity index (χ2n) is 10.5. The number of nitrogens with one attached hydrogen (secondary N) is 1. The van der Waals surface area contributed by atoms with Crippen molar-refractivity contribution in [3.63, 3.8) is 0 Å². The quantitative estimate of drug-likeness (QED) is 0.121. The third kappa shape index (κ3) is 6.89. The lowest BCUT2D eigenvalue weighted by molar-refractivity contribution is -0.139. The first-order chi connectivity index (χ1) is 22.4. The third-order valence-corrected chi connectivity index (χ3v) is 7.78. The van der Waals surface area contributed by atoms with Crippen LogP contribution in [0.5, 0.6) is 11.5 Å². The van der Waals surface area contributed by atoms with Gasteiger partial charge in [0.25, 0.3) is 5.56 Å². The van der Waals surface area contributed by atoms with Gasteiger partial charge in [-0.15, -0.1) is 0 Å². The minimum atomic E-state index is -1.27. The Morgan fingerprint density at radius 1 is 0.913 bits per heavy atom. The lowest BCUT2D eigenvalue weighted by atomic mass is 9.80. The molecular formula is C34H35N3O9. The average molecular weight is 630 g/mol. The molecule has 4 atom stereocenters. The number of benzene rings is 3. The standard InChI is InChI=1S/C34H35N3O9/c1-41-26-13-9-24(10-14-26)34(23-7-4-3-5-8-23,25-11-15-27(42-2)16-12-25)45-21-28-30(39)31(44-22-43-20-6-18-35)32(46-28)37-19-17-29(38)36-33(37)40/h3-5,7-17,19,28,30-32,39H,6,20-22H2,1-2H3,(H,36,38,40)/t28-,30?,31?,32-/m0/s1. The van der Waals surface area contributed by atoms with Crippen LogP contribution in [0, 0.1) is 11.3 Å². The van der Waals surface area contributed by atoms with Gasteiger partial charge >= 0.3 is 5.69 Å². The summed E-state index contributed by atoms with van der Waals surface area (Å²) in [4.78, 5) is 26.7. The van der Waals surface area contributed by atoms with Gasteiger partial charge in [0.15, 0.2) is 6.23 Å². The van der Waals surface area contributed by atoms with Crippen LogP contribution in [-0.4, -0.2) is 67.2 Å². The lowest BCUT2D eigenvalue weighted by Gasteiger charge is -2.37. The number of aliphatic hydroxyl groups excluding tert-OH is 1. The van der Waals surface area contributed by atoms with Crippen LogP contribution in [0.15, 0.2) is 101 Å². The molecule has 1 fully saturated rings. The number of nitrogens with zero attached hydrogens (tertiary/aromatic N) is 2. The van der Waals surface area contributed by atoms with Crippen LogP contribution < -0.4 is 20.7 Å². The highest BCUT2D eigenvalue weighted by Gasteiger charge is 2.48. The molecule has 12 nitrogen and oxygen atoms in total. The molecule has 0 radical (unpaired) electrons. The summed E-state index contributed by atoms with van der Waals surface area (Å²) in [5.41, 5.74) is -0.130. The number of nitriles is 1. The van der Waals surface area contributed by atoms with Crippen LogP contribution in [0.25, 0.3) is 0 Å². The number of aromatic nitrogens is 2. The van der Waals surface area contributed by atoms with Crippen molar-refractivity contribution in [1.29, 1.82) is 5.26 Å². The van der Waals surface area contributed by atoms with Gasteiger partial charge in [-0.05, 0) is 41.0 Å². The molecule has 0 spiro atoms. The summed E-state index contributed by atoms with van der Waals surface area (Å²) in [6, 6.07) is 27.8. The molecule has 1 aliphatic rings. The predicted molar refractivity (Wildman–Crippen MR) is 165 cm³/mol. The van der Waals surface area contributed by atoms with Crippen LogP contribution in [0.2, 0.25) is 0 Å². The summed E-state index contributed by atoms with van der Waals surface area (Å²) in [6.45, 7) is -0.280. The van der Waals surface area contributed by atoms with E-state index < -0.39 is 41.4 Å². The van der Waals surface area contributed by atoms with Gasteiger partial charge in [-0.2, -0.15) is 5.26 Å². The molecule has 12 heteroatoms. The van der Waals surface area contributed by atoms with E-state index in [1.165, 1.54) is 12.3 Å². The van der Waals surface area contributed by atoms with Crippen LogP contribution in [-0.2, 0) is 24.5 Å².